The van der Waals surface area contributed by atoms with Crippen LogP contribution in [0.25, 0.3) is 0 Å². The Kier molecular flexibility index (Phi) is 4.25. The SMILES string of the molecule is CC(C)n1ccn(Cc2cc(C#CCO)cs2)c1=O. The number of aromatic nitrogens is 2. The highest BCUT2D eigenvalue weighted by molar-refractivity contribution is 7.10. The zero-order valence-corrected chi connectivity index (χ0v) is 11.8. The van der Waals surface area contributed by atoms with E-state index in [4.69, 9.17) is 5.11 Å². The fourth-order valence-electron chi connectivity index (χ4n) is 1.78. The first kappa shape index (κ1) is 13.7. The van der Waals surface area contributed by atoms with Crippen LogP contribution in [0.5, 0.6) is 0 Å². The van der Waals surface area contributed by atoms with Gasteiger partial charge in [0.15, 0.2) is 0 Å². The summed E-state index contributed by atoms with van der Waals surface area (Å²) < 4.78 is 3.40. The van der Waals surface area contributed by atoms with Gasteiger partial charge in [-0.2, -0.15) is 0 Å². The summed E-state index contributed by atoms with van der Waals surface area (Å²) >= 11 is 1.57. The average molecular weight is 276 g/mol. The van der Waals surface area contributed by atoms with Gasteiger partial charge < -0.3 is 5.11 Å². The van der Waals surface area contributed by atoms with E-state index in [0.717, 1.165) is 10.4 Å². The molecule has 0 atom stereocenters. The van der Waals surface area contributed by atoms with Gasteiger partial charge >= 0.3 is 5.69 Å². The maximum absolute atomic E-state index is 12.1. The second-order valence-electron chi connectivity index (χ2n) is 4.47. The molecule has 0 saturated heterocycles. The van der Waals surface area contributed by atoms with E-state index >= 15 is 0 Å². The topological polar surface area (TPSA) is 47.2 Å². The van der Waals surface area contributed by atoms with E-state index in [9.17, 15) is 4.79 Å². The molecule has 0 fully saturated rings. The van der Waals surface area contributed by atoms with Crippen molar-refractivity contribution in [3.8, 4) is 11.8 Å². The fraction of sp³-hybridized carbons (Fsp3) is 0.357. The molecule has 0 aliphatic heterocycles. The van der Waals surface area contributed by atoms with Gasteiger partial charge in [0.2, 0.25) is 0 Å². The van der Waals surface area contributed by atoms with Gasteiger partial charge in [-0.3, -0.25) is 9.13 Å². The van der Waals surface area contributed by atoms with Crippen LogP contribution >= 0.6 is 11.3 Å². The van der Waals surface area contributed by atoms with E-state index in [-0.39, 0.29) is 18.3 Å². The molecule has 4 nitrogen and oxygen atoms in total. The summed E-state index contributed by atoms with van der Waals surface area (Å²) in [4.78, 5) is 13.1. The van der Waals surface area contributed by atoms with Gasteiger partial charge in [-0.1, -0.05) is 11.8 Å². The minimum atomic E-state index is -0.137. The zero-order valence-electron chi connectivity index (χ0n) is 11.0. The molecule has 0 spiro atoms. The van der Waals surface area contributed by atoms with E-state index in [1.54, 1.807) is 26.7 Å². The Balaban J connectivity index is 2.18. The van der Waals surface area contributed by atoms with E-state index < -0.39 is 0 Å². The van der Waals surface area contributed by atoms with E-state index in [2.05, 4.69) is 11.8 Å². The lowest BCUT2D eigenvalue weighted by atomic mass is 10.3. The van der Waals surface area contributed by atoms with Crippen molar-refractivity contribution in [3.05, 3.63) is 44.8 Å². The molecule has 2 aromatic rings. The smallest absolute Gasteiger partial charge is 0.328 e. The average Bonchev–Trinajstić information content (AvgIpc) is 2.95. The molecule has 0 aromatic carbocycles. The van der Waals surface area contributed by atoms with Crippen molar-refractivity contribution < 1.29 is 5.11 Å². The molecule has 100 valence electrons. The van der Waals surface area contributed by atoms with Crippen molar-refractivity contribution >= 4 is 11.3 Å². The Morgan fingerprint density at radius 2 is 2.21 bits per heavy atom. The van der Waals surface area contributed by atoms with Crippen LogP contribution in [0, 0.1) is 11.8 Å². The third-order valence-corrected chi connectivity index (χ3v) is 3.64. The Morgan fingerprint density at radius 1 is 1.42 bits per heavy atom. The van der Waals surface area contributed by atoms with Crippen molar-refractivity contribution in [2.24, 2.45) is 0 Å². The summed E-state index contributed by atoms with van der Waals surface area (Å²) in [6.45, 7) is 4.39. The third-order valence-electron chi connectivity index (χ3n) is 2.72. The standard InChI is InChI=1S/C14H16N2O2S/c1-11(2)16-6-5-15(14(16)18)9-13-8-12(10-19-13)4-3-7-17/h5-6,8,10-11,17H,7,9H2,1-2H3. The Morgan fingerprint density at radius 3 is 2.84 bits per heavy atom. The first-order valence-corrected chi connectivity index (χ1v) is 6.94. The molecule has 0 aliphatic carbocycles. The van der Waals surface area contributed by atoms with Gasteiger partial charge in [-0.25, -0.2) is 4.79 Å². The predicted molar refractivity (Wildman–Crippen MR) is 76.5 cm³/mol. The van der Waals surface area contributed by atoms with Gasteiger partial charge in [0.25, 0.3) is 0 Å². The van der Waals surface area contributed by atoms with Gasteiger partial charge in [-0.15, -0.1) is 11.3 Å². The molecule has 2 aromatic heterocycles. The summed E-state index contributed by atoms with van der Waals surface area (Å²) in [5.41, 5.74) is 0.886. The highest BCUT2D eigenvalue weighted by atomic mass is 32.1. The molecule has 0 amide bonds. The Hall–Kier alpha value is -1.77. The molecule has 0 radical (unpaired) electrons. The van der Waals surface area contributed by atoms with Gasteiger partial charge in [-0.05, 0) is 19.9 Å². The zero-order chi connectivity index (χ0) is 13.8. The summed E-state index contributed by atoms with van der Waals surface area (Å²) in [6.07, 6.45) is 3.62. The number of aliphatic hydroxyl groups is 1. The number of imidazole rings is 1. The molecule has 2 rings (SSSR count). The summed E-state index contributed by atoms with van der Waals surface area (Å²) in [5.74, 6) is 5.47. The Bertz CT molecular complexity index is 667. The molecule has 0 unspecified atom stereocenters. The second kappa shape index (κ2) is 5.91. The van der Waals surface area contributed by atoms with Crippen LogP contribution in [0.4, 0.5) is 0 Å². The van der Waals surface area contributed by atoms with E-state index in [0.29, 0.717) is 6.54 Å². The summed E-state index contributed by atoms with van der Waals surface area (Å²) in [6, 6.07) is 2.12. The molecular weight excluding hydrogens is 260 g/mol. The van der Waals surface area contributed by atoms with Crippen molar-refractivity contribution in [2.75, 3.05) is 6.61 Å². The molecule has 0 aliphatic rings. The first-order chi connectivity index (χ1) is 9.11. The van der Waals surface area contributed by atoms with Crippen LogP contribution in [0.15, 0.2) is 28.6 Å². The number of aliphatic hydroxyl groups excluding tert-OH is 1. The number of nitrogens with zero attached hydrogens (tertiary/aromatic N) is 2. The molecule has 0 saturated carbocycles. The molecule has 2 heterocycles. The lowest BCUT2D eigenvalue weighted by molar-refractivity contribution is 0.350. The molecule has 19 heavy (non-hydrogen) atoms. The number of hydrogen-bond donors (Lipinski definition) is 1. The van der Waals surface area contributed by atoms with Crippen LogP contribution in [-0.4, -0.2) is 20.8 Å². The van der Waals surface area contributed by atoms with Crippen molar-refractivity contribution in [1.82, 2.24) is 9.13 Å². The van der Waals surface area contributed by atoms with Crippen molar-refractivity contribution in [3.63, 3.8) is 0 Å². The maximum atomic E-state index is 12.1. The summed E-state index contributed by atoms with van der Waals surface area (Å²) in [5, 5.41) is 10.6. The monoisotopic (exact) mass is 276 g/mol. The van der Waals surface area contributed by atoms with Crippen LogP contribution in [0.1, 0.15) is 30.3 Å². The van der Waals surface area contributed by atoms with E-state index in [1.165, 1.54) is 0 Å². The maximum Gasteiger partial charge on any atom is 0.328 e. The highest BCUT2D eigenvalue weighted by Crippen LogP contribution is 2.15. The van der Waals surface area contributed by atoms with Gasteiger partial charge in [0.1, 0.15) is 6.61 Å². The van der Waals surface area contributed by atoms with Crippen LogP contribution in [0.3, 0.4) is 0 Å². The molecule has 1 N–H and O–H groups in total. The quantitative estimate of drug-likeness (QED) is 0.867. The summed E-state index contributed by atoms with van der Waals surface area (Å²) in [7, 11) is 0. The normalized spacial score (nSPS) is 10.5. The van der Waals surface area contributed by atoms with Crippen LogP contribution in [-0.2, 0) is 6.54 Å². The van der Waals surface area contributed by atoms with Gasteiger partial charge in [0, 0.05) is 34.3 Å². The number of thiophene rings is 1. The van der Waals surface area contributed by atoms with Crippen LogP contribution < -0.4 is 5.69 Å². The largest absolute Gasteiger partial charge is 0.384 e. The molecular formula is C14H16N2O2S. The number of hydrogen-bond acceptors (Lipinski definition) is 3. The van der Waals surface area contributed by atoms with Gasteiger partial charge in [0.05, 0.1) is 6.54 Å². The minimum Gasteiger partial charge on any atom is -0.384 e. The van der Waals surface area contributed by atoms with Crippen molar-refractivity contribution in [1.29, 1.82) is 0 Å². The lowest BCUT2D eigenvalue weighted by Gasteiger charge is -2.04. The molecule has 5 heteroatoms. The fourth-order valence-corrected chi connectivity index (χ4v) is 2.59. The van der Waals surface area contributed by atoms with E-state index in [1.807, 2.05) is 31.5 Å². The number of rotatable bonds is 3. The molecule has 0 bridgehead atoms. The first-order valence-electron chi connectivity index (χ1n) is 6.06. The minimum absolute atomic E-state index is 0.00592. The highest BCUT2D eigenvalue weighted by Gasteiger charge is 2.07. The lowest BCUT2D eigenvalue weighted by Crippen LogP contribution is -2.25. The third kappa shape index (κ3) is 3.16. The Labute approximate surface area is 115 Å². The van der Waals surface area contributed by atoms with Crippen LogP contribution in [0.2, 0.25) is 0 Å². The van der Waals surface area contributed by atoms with Crippen molar-refractivity contribution in [2.45, 2.75) is 26.4 Å². The second-order valence-corrected chi connectivity index (χ2v) is 5.47. The predicted octanol–water partition coefficient (Wildman–Crippen LogP) is 1.68.